The molecule has 0 aliphatic heterocycles. The van der Waals surface area contributed by atoms with Gasteiger partial charge in [0.25, 0.3) is 0 Å². The van der Waals surface area contributed by atoms with E-state index in [-0.39, 0.29) is 5.91 Å². The summed E-state index contributed by atoms with van der Waals surface area (Å²) in [6, 6.07) is 4.60. The number of carbonyl (C=O) groups is 2. The molecule has 19 heavy (non-hydrogen) atoms. The van der Waals surface area contributed by atoms with E-state index < -0.39 is 5.97 Å². The van der Waals surface area contributed by atoms with E-state index in [4.69, 9.17) is 11.6 Å². The second-order valence-electron chi connectivity index (χ2n) is 3.94. The fourth-order valence-electron chi connectivity index (χ4n) is 1.50. The van der Waals surface area contributed by atoms with Crippen molar-refractivity contribution in [1.82, 2.24) is 5.32 Å². The number of rotatable bonds is 6. The van der Waals surface area contributed by atoms with Gasteiger partial charge < -0.3 is 15.4 Å². The molecule has 0 unspecified atom stereocenters. The molecule has 1 aromatic rings. The average Bonchev–Trinajstić information content (AvgIpc) is 2.40. The number of esters is 1. The highest BCUT2D eigenvalue weighted by Gasteiger charge is 2.11. The Kier molecular flexibility index (Phi) is 6.32. The summed E-state index contributed by atoms with van der Waals surface area (Å²) in [5.41, 5.74) is 0.761. The van der Waals surface area contributed by atoms with Gasteiger partial charge in [-0.1, -0.05) is 11.6 Å². The van der Waals surface area contributed by atoms with Crippen LogP contribution in [0.1, 0.15) is 23.2 Å². The van der Waals surface area contributed by atoms with Crippen LogP contribution in [0.5, 0.6) is 0 Å². The number of halogens is 1. The van der Waals surface area contributed by atoms with E-state index in [1.165, 1.54) is 13.2 Å². The molecule has 0 aromatic heterocycles. The van der Waals surface area contributed by atoms with Crippen LogP contribution in [-0.4, -0.2) is 32.6 Å². The van der Waals surface area contributed by atoms with E-state index in [2.05, 4.69) is 15.4 Å². The monoisotopic (exact) mass is 284 g/mol. The maximum absolute atomic E-state index is 11.7. The normalized spacial score (nSPS) is 10.1. The van der Waals surface area contributed by atoms with E-state index in [1.54, 1.807) is 12.1 Å². The van der Waals surface area contributed by atoms with Crippen LogP contribution in [-0.2, 0) is 9.53 Å². The van der Waals surface area contributed by atoms with Gasteiger partial charge in [-0.15, -0.1) is 0 Å². The highest BCUT2D eigenvalue weighted by molar-refractivity contribution is 6.33. The van der Waals surface area contributed by atoms with E-state index in [1.807, 2.05) is 7.05 Å². The SMILES string of the molecule is CNCCCC(=O)Nc1cc(C(=O)OC)ccc1Cl. The number of carbonyl (C=O) groups excluding carboxylic acids is 2. The lowest BCUT2D eigenvalue weighted by atomic mass is 10.2. The smallest absolute Gasteiger partial charge is 0.337 e. The molecule has 0 aliphatic carbocycles. The van der Waals surface area contributed by atoms with Crippen molar-refractivity contribution in [2.24, 2.45) is 0 Å². The molecule has 0 spiro atoms. The molecule has 0 saturated carbocycles. The summed E-state index contributed by atoms with van der Waals surface area (Å²) < 4.78 is 4.61. The molecule has 1 aromatic carbocycles. The van der Waals surface area contributed by atoms with Gasteiger partial charge in [-0.05, 0) is 38.2 Å². The molecule has 1 amide bonds. The van der Waals surface area contributed by atoms with Crippen LogP contribution >= 0.6 is 11.6 Å². The van der Waals surface area contributed by atoms with E-state index in [0.29, 0.717) is 22.7 Å². The molecule has 104 valence electrons. The molecule has 0 aliphatic rings. The second kappa shape index (κ2) is 7.76. The Labute approximate surface area is 117 Å². The van der Waals surface area contributed by atoms with Gasteiger partial charge in [0, 0.05) is 6.42 Å². The summed E-state index contributed by atoms with van der Waals surface area (Å²) in [6.45, 7) is 0.767. The Morgan fingerprint density at radius 1 is 1.37 bits per heavy atom. The summed E-state index contributed by atoms with van der Waals surface area (Å²) in [5, 5.41) is 6.03. The van der Waals surface area contributed by atoms with Crippen LogP contribution in [0.25, 0.3) is 0 Å². The van der Waals surface area contributed by atoms with E-state index in [9.17, 15) is 9.59 Å². The number of amides is 1. The number of nitrogens with one attached hydrogen (secondary N) is 2. The van der Waals surface area contributed by atoms with Crippen LogP contribution in [0.15, 0.2) is 18.2 Å². The topological polar surface area (TPSA) is 67.4 Å². The van der Waals surface area contributed by atoms with Gasteiger partial charge in [0.1, 0.15) is 0 Å². The first-order valence-corrected chi connectivity index (χ1v) is 6.28. The third kappa shape index (κ3) is 4.89. The molecule has 0 fully saturated rings. The highest BCUT2D eigenvalue weighted by atomic mass is 35.5. The van der Waals surface area contributed by atoms with Crippen molar-refractivity contribution in [2.75, 3.05) is 26.0 Å². The van der Waals surface area contributed by atoms with Gasteiger partial charge in [0.05, 0.1) is 23.4 Å². The predicted molar refractivity (Wildman–Crippen MR) is 74.6 cm³/mol. The largest absolute Gasteiger partial charge is 0.465 e. The fourth-order valence-corrected chi connectivity index (χ4v) is 1.67. The number of anilines is 1. The van der Waals surface area contributed by atoms with Gasteiger partial charge in [-0.3, -0.25) is 4.79 Å². The third-order valence-electron chi connectivity index (χ3n) is 2.49. The number of hydrogen-bond donors (Lipinski definition) is 2. The van der Waals surface area contributed by atoms with E-state index in [0.717, 1.165) is 13.0 Å². The lowest BCUT2D eigenvalue weighted by molar-refractivity contribution is -0.116. The molecule has 0 radical (unpaired) electrons. The Morgan fingerprint density at radius 2 is 2.11 bits per heavy atom. The first-order valence-electron chi connectivity index (χ1n) is 5.90. The molecular weight excluding hydrogens is 268 g/mol. The van der Waals surface area contributed by atoms with Crippen molar-refractivity contribution in [3.8, 4) is 0 Å². The van der Waals surface area contributed by atoms with Crippen molar-refractivity contribution in [3.05, 3.63) is 28.8 Å². The maximum Gasteiger partial charge on any atom is 0.337 e. The first-order chi connectivity index (χ1) is 9.08. The van der Waals surface area contributed by atoms with Crippen molar-refractivity contribution < 1.29 is 14.3 Å². The molecule has 1 rings (SSSR count). The minimum absolute atomic E-state index is 0.140. The van der Waals surface area contributed by atoms with Crippen molar-refractivity contribution in [2.45, 2.75) is 12.8 Å². The second-order valence-corrected chi connectivity index (χ2v) is 4.35. The minimum atomic E-state index is -0.470. The third-order valence-corrected chi connectivity index (χ3v) is 2.82. The van der Waals surface area contributed by atoms with E-state index >= 15 is 0 Å². The predicted octanol–water partition coefficient (Wildman–Crippen LogP) is 2.06. The summed E-state index contributed by atoms with van der Waals surface area (Å²) in [4.78, 5) is 23.1. The highest BCUT2D eigenvalue weighted by Crippen LogP contribution is 2.23. The molecule has 6 heteroatoms. The van der Waals surface area contributed by atoms with Crippen molar-refractivity contribution in [1.29, 1.82) is 0 Å². The molecule has 0 atom stereocenters. The molecule has 0 saturated heterocycles. The molecule has 0 bridgehead atoms. The summed E-state index contributed by atoms with van der Waals surface area (Å²) in [5.74, 6) is -0.610. The average molecular weight is 285 g/mol. The van der Waals surface area contributed by atoms with Crippen LogP contribution in [0.4, 0.5) is 5.69 Å². The lowest BCUT2D eigenvalue weighted by Gasteiger charge is -2.08. The lowest BCUT2D eigenvalue weighted by Crippen LogP contribution is -2.15. The van der Waals surface area contributed by atoms with Crippen LogP contribution in [0, 0.1) is 0 Å². The van der Waals surface area contributed by atoms with Crippen LogP contribution < -0.4 is 10.6 Å². The Morgan fingerprint density at radius 3 is 2.74 bits per heavy atom. The van der Waals surface area contributed by atoms with Gasteiger partial charge in [-0.25, -0.2) is 4.79 Å². The number of hydrogen-bond acceptors (Lipinski definition) is 4. The van der Waals surface area contributed by atoms with Crippen molar-refractivity contribution in [3.63, 3.8) is 0 Å². The zero-order chi connectivity index (χ0) is 14.3. The zero-order valence-electron chi connectivity index (χ0n) is 11.0. The van der Waals surface area contributed by atoms with Crippen LogP contribution in [0.2, 0.25) is 5.02 Å². The minimum Gasteiger partial charge on any atom is -0.465 e. The van der Waals surface area contributed by atoms with Gasteiger partial charge >= 0.3 is 5.97 Å². The molecule has 0 heterocycles. The maximum atomic E-state index is 11.7. The summed E-state index contributed by atoms with van der Waals surface area (Å²) in [6.07, 6.45) is 1.12. The van der Waals surface area contributed by atoms with Crippen LogP contribution in [0.3, 0.4) is 0 Å². The Hall–Kier alpha value is -1.59. The van der Waals surface area contributed by atoms with Gasteiger partial charge in [0.2, 0.25) is 5.91 Å². The molecule has 2 N–H and O–H groups in total. The summed E-state index contributed by atoms with van der Waals surface area (Å²) in [7, 11) is 3.13. The number of ether oxygens (including phenoxy) is 1. The first kappa shape index (κ1) is 15.5. The van der Waals surface area contributed by atoms with Crippen molar-refractivity contribution >= 4 is 29.2 Å². The van der Waals surface area contributed by atoms with Gasteiger partial charge in [0.15, 0.2) is 0 Å². The zero-order valence-corrected chi connectivity index (χ0v) is 11.7. The number of benzene rings is 1. The Bertz CT molecular complexity index is 463. The molecular formula is C13H17ClN2O3. The quantitative estimate of drug-likeness (QED) is 0.620. The summed E-state index contributed by atoms with van der Waals surface area (Å²) >= 11 is 5.97. The fraction of sp³-hybridized carbons (Fsp3) is 0.385. The Balaban J connectivity index is 2.71. The number of methoxy groups -OCH3 is 1. The van der Waals surface area contributed by atoms with Gasteiger partial charge in [-0.2, -0.15) is 0 Å². The molecule has 5 nitrogen and oxygen atoms in total. The standard InChI is InChI=1S/C13H17ClN2O3/c1-15-7-3-4-12(17)16-11-8-9(13(18)19-2)5-6-10(11)14/h5-6,8,15H,3-4,7H2,1-2H3,(H,16,17).